The molecule has 3 nitrogen and oxygen atoms in total. The highest BCUT2D eigenvalue weighted by atomic mass is 35.7. The van der Waals surface area contributed by atoms with Crippen LogP contribution in [0.5, 0.6) is 0 Å². The van der Waals surface area contributed by atoms with Crippen molar-refractivity contribution >= 4 is 31.5 Å². The minimum Gasteiger partial charge on any atom is -0.195 e. The molecule has 0 aromatic heterocycles. The Labute approximate surface area is 70.5 Å². The zero-order valence-corrected chi connectivity index (χ0v) is 8.04. The summed E-state index contributed by atoms with van der Waals surface area (Å²) in [7, 11) is 1.37. The molecule has 0 saturated heterocycles. The molecule has 0 aliphatic rings. The van der Waals surface area contributed by atoms with E-state index in [1.54, 1.807) is 13.8 Å². The van der Waals surface area contributed by atoms with Crippen LogP contribution < -0.4 is 0 Å². The van der Waals surface area contributed by atoms with E-state index in [-0.39, 0.29) is 12.0 Å². The summed E-state index contributed by atoms with van der Waals surface area (Å²) >= 11 is 5.31. The van der Waals surface area contributed by atoms with Gasteiger partial charge in [0, 0.05) is 16.7 Å². The fourth-order valence-corrected chi connectivity index (χ4v) is 2.50. The van der Waals surface area contributed by atoms with Gasteiger partial charge in [0.25, 0.3) is 0 Å². The minimum atomic E-state index is -3.64. The molecule has 0 heterocycles. The lowest BCUT2D eigenvalue weighted by atomic mass is 10.4. The Morgan fingerprint density at radius 3 is 1.90 bits per heavy atom. The van der Waals surface area contributed by atoms with Crippen LogP contribution in [0.1, 0.15) is 13.8 Å². The molecule has 0 atom stereocenters. The highest BCUT2D eigenvalue weighted by Crippen LogP contribution is 2.11. The summed E-state index contributed by atoms with van der Waals surface area (Å²) in [6.07, 6.45) is 0. The van der Waals surface area contributed by atoms with Gasteiger partial charge in [0.15, 0.2) is 0 Å². The summed E-state index contributed by atoms with van der Waals surface area (Å²) in [4.78, 5) is 0. The van der Waals surface area contributed by atoms with Gasteiger partial charge >= 0.3 is 9.24 Å². The van der Waals surface area contributed by atoms with Crippen LogP contribution in [0.15, 0.2) is 0 Å². The second-order valence-electron chi connectivity index (χ2n) is 2.04. The molecule has 0 spiro atoms. The van der Waals surface area contributed by atoms with E-state index in [1.165, 1.54) is 0 Å². The molecule has 0 aromatic carbocycles. The molecule has 0 aromatic rings. The Morgan fingerprint density at radius 1 is 1.50 bits per heavy atom. The number of hydrogen-bond acceptors (Lipinski definition) is 2. The molecular formula is C4H9Cl2NO2S. The number of hydrogen-bond donors (Lipinski definition) is 0. The zero-order valence-electron chi connectivity index (χ0n) is 5.71. The molecule has 0 aliphatic heterocycles. The number of nitrogens with zero attached hydrogens (tertiary/aromatic N) is 1. The first-order valence-corrected chi connectivity index (χ1v) is 5.47. The van der Waals surface area contributed by atoms with Gasteiger partial charge in [0.1, 0.15) is 0 Å². The molecule has 0 fully saturated rings. The summed E-state index contributed by atoms with van der Waals surface area (Å²) in [5, 5.41) is 0. The Kier molecular flexibility index (Phi) is 3.94. The van der Waals surface area contributed by atoms with Gasteiger partial charge in [-0.05, 0) is 13.8 Å². The highest BCUT2D eigenvalue weighted by molar-refractivity contribution is 8.11. The second-order valence-corrected chi connectivity index (χ2v) is 4.74. The van der Waals surface area contributed by atoms with Gasteiger partial charge in [-0.25, -0.2) is 0 Å². The van der Waals surface area contributed by atoms with Crippen molar-refractivity contribution in [2.45, 2.75) is 19.9 Å². The van der Waals surface area contributed by atoms with Crippen LogP contribution in [-0.2, 0) is 9.24 Å². The first-order chi connectivity index (χ1) is 4.39. The fraction of sp³-hybridized carbons (Fsp3) is 1.00. The first kappa shape index (κ1) is 10.5. The normalized spacial score (nSPS) is 13.0. The smallest absolute Gasteiger partial charge is 0.195 e. The van der Waals surface area contributed by atoms with Crippen molar-refractivity contribution in [1.82, 2.24) is 4.31 Å². The van der Waals surface area contributed by atoms with Crippen LogP contribution >= 0.6 is 22.3 Å². The van der Waals surface area contributed by atoms with E-state index >= 15 is 0 Å². The van der Waals surface area contributed by atoms with E-state index in [1.807, 2.05) is 0 Å². The topological polar surface area (TPSA) is 37.4 Å². The molecule has 0 bridgehead atoms. The Balaban J connectivity index is 4.38. The monoisotopic (exact) mass is 205 g/mol. The van der Waals surface area contributed by atoms with E-state index in [4.69, 9.17) is 22.3 Å². The third-order valence-electron chi connectivity index (χ3n) is 0.974. The fourth-order valence-electron chi connectivity index (χ4n) is 0.448. The summed E-state index contributed by atoms with van der Waals surface area (Å²) in [5.74, 6) is 0. The lowest BCUT2D eigenvalue weighted by molar-refractivity contribution is 0.406. The molecular weight excluding hydrogens is 197 g/mol. The van der Waals surface area contributed by atoms with Crippen LogP contribution in [0.2, 0.25) is 0 Å². The van der Waals surface area contributed by atoms with Gasteiger partial charge in [-0.3, -0.25) is 0 Å². The highest BCUT2D eigenvalue weighted by Gasteiger charge is 2.20. The molecule has 0 amide bonds. The van der Waals surface area contributed by atoms with Gasteiger partial charge in [-0.1, -0.05) is 0 Å². The molecule has 0 rings (SSSR count). The third-order valence-corrected chi connectivity index (χ3v) is 3.02. The van der Waals surface area contributed by atoms with Gasteiger partial charge < -0.3 is 0 Å². The molecule has 0 unspecified atom stereocenters. The summed E-state index contributed by atoms with van der Waals surface area (Å²) < 4.78 is 22.2. The van der Waals surface area contributed by atoms with Crippen molar-refractivity contribution in [2.75, 3.05) is 6.00 Å². The zero-order chi connectivity index (χ0) is 8.36. The third kappa shape index (κ3) is 3.05. The maximum atomic E-state index is 10.6. The van der Waals surface area contributed by atoms with E-state index in [9.17, 15) is 8.42 Å². The Morgan fingerprint density at radius 2 is 1.90 bits per heavy atom. The molecule has 0 aliphatic carbocycles. The van der Waals surface area contributed by atoms with Crippen LogP contribution in [0.4, 0.5) is 0 Å². The van der Waals surface area contributed by atoms with Crippen LogP contribution in [0.25, 0.3) is 0 Å². The number of halogens is 2. The predicted molar refractivity (Wildman–Crippen MR) is 42.5 cm³/mol. The van der Waals surface area contributed by atoms with Gasteiger partial charge in [0.05, 0.1) is 6.00 Å². The summed E-state index contributed by atoms with van der Waals surface area (Å²) in [6, 6.07) is -0.302. The molecule has 6 heteroatoms. The second kappa shape index (κ2) is 3.76. The van der Waals surface area contributed by atoms with Gasteiger partial charge in [-0.2, -0.15) is 12.7 Å². The van der Waals surface area contributed by atoms with Crippen LogP contribution in [0, 0.1) is 0 Å². The molecule has 0 N–H and O–H groups in total. The van der Waals surface area contributed by atoms with Crippen molar-refractivity contribution in [3.05, 3.63) is 0 Å². The average molecular weight is 206 g/mol. The molecule has 0 saturated carbocycles. The lowest BCUT2D eigenvalue weighted by Crippen LogP contribution is -2.32. The Bertz CT molecular complexity index is 189. The van der Waals surface area contributed by atoms with Crippen molar-refractivity contribution in [3.63, 3.8) is 0 Å². The molecule has 62 valence electrons. The summed E-state index contributed by atoms with van der Waals surface area (Å²) in [5.41, 5.74) is 0. The maximum absolute atomic E-state index is 10.6. The largest absolute Gasteiger partial charge is 0.301 e. The Hall–Kier alpha value is 0.490. The van der Waals surface area contributed by atoms with Crippen molar-refractivity contribution in [1.29, 1.82) is 0 Å². The first-order valence-electron chi connectivity index (χ1n) is 2.67. The van der Waals surface area contributed by atoms with Crippen molar-refractivity contribution in [2.24, 2.45) is 0 Å². The van der Waals surface area contributed by atoms with Gasteiger partial charge in [0.2, 0.25) is 0 Å². The van der Waals surface area contributed by atoms with E-state index in [0.717, 1.165) is 4.31 Å². The minimum absolute atomic E-state index is 0.108. The van der Waals surface area contributed by atoms with Crippen LogP contribution in [0.3, 0.4) is 0 Å². The van der Waals surface area contributed by atoms with E-state index in [0.29, 0.717) is 0 Å². The molecule has 10 heavy (non-hydrogen) atoms. The maximum Gasteiger partial charge on any atom is 0.301 e. The van der Waals surface area contributed by atoms with Crippen LogP contribution in [-0.4, -0.2) is 24.8 Å². The van der Waals surface area contributed by atoms with Gasteiger partial charge in [-0.15, -0.1) is 11.6 Å². The van der Waals surface area contributed by atoms with Crippen molar-refractivity contribution < 1.29 is 8.42 Å². The molecule has 0 radical (unpaired) electrons. The van der Waals surface area contributed by atoms with Crippen molar-refractivity contribution in [3.8, 4) is 0 Å². The quantitative estimate of drug-likeness (QED) is 0.397. The average Bonchev–Trinajstić information content (AvgIpc) is 1.60. The number of alkyl halides is 1. The number of rotatable bonds is 3. The standard InChI is InChI=1S/C4H9Cl2NO2S/c1-4(2)7(3-5)10(6,8)9/h4H,3H2,1-2H3. The SMILES string of the molecule is CC(C)N(CCl)S(=O)(=O)Cl. The van der Waals surface area contributed by atoms with E-state index < -0.39 is 9.24 Å². The predicted octanol–water partition coefficient (Wildman–Crippen LogP) is 1.38. The lowest BCUT2D eigenvalue weighted by Gasteiger charge is -2.18. The summed E-state index contributed by atoms with van der Waals surface area (Å²) in [6.45, 7) is 3.39. The van der Waals surface area contributed by atoms with E-state index in [2.05, 4.69) is 0 Å².